The Morgan fingerprint density at radius 2 is 1.96 bits per heavy atom. The van der Waals surface area contributed by atoms with Crippen LogP contribution in [0.1, 0.15) is 31.7 Å². The second kappa shape index (κ2) is 8.15. The van der Waals surface area contributed by atoms with Crippen molar-refractivity contribution < 1.29 is 4.79 Å². The van der Waals surface area contributed by atoms with E-state index < -0.39 is 5.91 Å². The summed E-state index contributed by atoms with van der Waals surface area (Å²) in [5.41, 5.74) is 7.47. The highest BCUT2D eigenvalue weighted by molar-refractivity contribution is 7.99. The van der Waals surface area contributed by atoms with Crippen LogP contribution in [0.3, 0.4) is 0 Å². The number of carbonyl (C=O) groups excluding carboxylic acids is 1. The van der Waals surface area contributed by atoms with Crippen molar-refractivity contribution in [1.29, 1.82) is 0 Å². The first-order chi connectivity index (χ1) is 12.9. The van der Waals surface area contributed by atoms with Crippen LogP contribution in [0.5, 0.6) is 0 Å². The molecular formula is C20H20ClN3O2S. The second-order valence-corrected chi connectivity index (χ2v) is 7.73. The maximum absolute atomic E-state index is 13.1. The summed E-state index contributed by atoms with van der Waals surface area (Å²) in [4.78, 5) is 28.9. The van der Waals surface area contributed by atoms with E-state index in [9.17, 15) is 9.59 Å². The molecule has 1 heterocycles. The summed E-state index contributed by atoms with van der Waals surface area (Å²) in [6.45, 7) is 4.30. The average Bonchev–Trinajstić information content (AvgIpc) is 2.65. The Bertz CT molecular complexity index is 1050. The van der Waals surface area contributed by atoms with E-state index in [1.54, 1.807) is 18.2 Å². The van der Waals surface area contributed by atoms with Gasteiger partial charge in [-0.25, -0.2) is 4.98 Å². The predicted octanol–water partition coefficient (Wildman–Crippen LogP) is 4.13. The molecular weight excluding hydrogens is 382 g/mol. The Morgan fingerprint density at radius 3 is 2.59 bits per heavy atom. The van der Waals surface area contributed by atoms with Crippen molar-refractivity contribution in [2.45, 2.75) is 31.3 Å². The highest BCUT2D eigenvalue weighted by atomic mass is 35.5. The summed E-state index contributed by atoms with van der Waals surface area (Å²) in [6.07, 6.45) is 1.04. The number of fused-ring (bicyclic) bond motifs is 1. The third-order valence-corrected chi connectivity index (χ3v) is 5.67. The molecule has 0 radical (unpaired) electrons. The van der Waals surface area contributed by atoms with E-state index >= 15 is 0 Å². The monoisotopic (exact) mass is 401 g/mol. The molecule has 2 N–H and O–H groups in total. The maximum Gasteiger partial charge on any atom is 0.266 e. The van der Waals surface area contributed by atoms with Crippen LogP contribution < -0.4 is 11.3 Å². The smallest absolute Gasteiger partial charge is 0.266 e. The number of carbonyl (C=O) groups is 1. The van der Waals surface area contributed by atoms with Gasteiger partial charge < -0.3 is 5.73 Å². The Hall–Kier alpha value is -2.31. The van der Waals surface area contributed by atoms with Crippen LogP contribution in [0.15, 0.2) is 52.4 Å². The zero-order valence-corrected chi connectivity index (χ0v) is 16.7. The molecule has 0 bridgehead atoms. The van der Waals surface area contributed by atoms with Crippen molar-refractivity contribution in [3.05, 3.63) is 63.4 Å². The van der Waals surface area contributed by atoms with Gasteiger partial charge in [0.25, 0.3) is 5.56 Å². The first-order valence-electron chi connectivity index (χ1n) is 8.64. The molecule has 5 nitrogen and oxygen atoms in total. The van der Waals surface area contributed by atoms with Crippen LogP contribution in [0.25, 0.3) is 16.6 Å². The van der Waals surface area contributed by atoms with E-state index in [4.69, 9.17) is 17.3 Å². The van der Waals surface area contributed by atoms with E-state index in [0.29, 0.717) is 32.7 Å². The molecule has 0 saturated heterocycles. The number of rotatable bonds is 6. The molecule has 0 spiro atoms. The van der Waals surface area contributed by atoms with Gasteiger partial charge >= 0.3 is 0 Å². The van der Waals surface area contributed by atoms with Crippen molar-refractivity contribution in [1.82, 2.24) is 9.55 Å². The van der Waals surface area contributed by atoms with Gasteiger partial charge in [-0.3, -0.25) is 14.2 Å². The summed E-state index contributed by atoms with van der Waals surface area (Å²) < 4.78 is 1.52. The van der Waals surface area contributed by atoms with Gasteiger partial charge in [-0.05, 0) is 48.2 Å². The first kappa shape index (κ1) is 19.5. The lowest BCUT2D eigenvalue weighted by Gasteiger charge is -2.14. The largest absolute Gasteiger partial charge is 0.369 e. The molecule has 140 valence electrons. The van der Waals surface area contributed by atoms with Gasteiger partial charge in [0.15, 0.2) is 5.16 Å². The summed E-state index contributed by atoms with van der Waals surface area (Å²) >= 11 is 7.17. The van der Waals surface area contributed by atoms with E-state index in [-0.39, 0.29) is 11.3 Å². The highest BCUT2D eigenvalue weighted by Crippen LogP contribution is 2.25. The van der Waals surface area contributed by atoms with E-state index in [1.807, 2.05) is 24.3 Å². The molecule has 0 saturated carbocycles. The van der Waals surface area contributed by atoms with Gasteiger partial charge in [-0.1, -0.05) is 49.3 Å². The number of amides is 1. The standard InChI is InChI=1S/C20H20ClN3O2S/c1-3-12(2)13-4-7-15(8-5-13)24-19(26)16-9-6-14(21)10-17(16)23-20(24)27-11-18(22)25/h4-10,12H,3,11H2,1-2H3,(H2,22,25)/t12-/m0/s1. The van der Waals surface area contributed by atoms with Crippen LogP contribution in [0.4, 0.5) is 0 Å². The summed E-state index contributed by atoms with van der Waals surface area (Å²) in [7, 11) is 0. The van der Waals surface area contributed by atoms with Crippen molar-refractivity contribution in [2.75, 3.05) is 5.75 Å². The highest BCUT2D eigenvalue weighted by Gasteiger charge is 2.15. The zero-order chi connectivity index (χ0) is 19.6. The Kier molecular flexibility index (Phi) is 5.87. The van der Waals surface area contributed by atoms with Crippen LogP contribution in [-0.2, 0) is 4.79 Å². The van der Waals surface area contributed by atoms with Crippen molar-refractivity contribution in [3.63, 3.8) is 0 Å². The van der Waals surface area contributed by atoms with Gasteiger partial charge in [0.05, 0.1) is 22.3 Å². The number of hydrogen-bond donors (Lipinski definition) is 1. The van der Waals surface area contributed by atoms with Crippen molar-refractivity contribution in [3.8, 4) is 5.69 Å². The van der Waals surface area contributed by atoms with Crippen LogP contribution in [0.2, 0.25) is 5.02 Å². The van der Waals surface area contributed by atoms with E-state index in [2.05, 4.69) is 18.8 Å². The lowest BCUT2D eigenvalue weighted by Crippen LogP contribution is -2.23. The van der Waals surface area contributed by atoms with Gasteiger partial charge in [0.2, 0.25) is 5.91 Å². The third-order valence-electron chi connectivity index (χ3n) is 4.48. The van der Waals surface area contributed by atoms with Crippen molar-refractivity contribution in [2.24, 2.45) is 5.73 Å². The lowest BCUT2D eigenvalue weighted by molar-refractivity contribution is -0.115. The molecule has 0 aliphatic rings. The Balaban J connectivity index is 2.18. The number of primary amides is 1. The van der Waals surface area contributed by atoms with E-state index in [0.717, 1.165) is 18.2 Å². The maximum atomic E-state index is 13.1. The fourth-order valence-corrected chi connectivity index (χ4v) is 3.70. The molecule has 3 aromatic rings. The quantitative estimate of drug-likeness (QED) is 0.497. The molecule has 0 fully saturated rings. The minimum Gasteiger partial charge on any atom is -0.369 e. The number of nitrogens with zero attached hydrogens (tertiary/aromatic N) is 2. The molecule has 2 aromatic carbocycles. The average molecular weight is 402 g/mol. The molecule has 0 aliphatic heterocycles. The fourth-order valence-electron chi connectivity index (χ4n) is 2.79. The number of thioether (sulfide) groups is 1. The molecule has 0 unspecified atom stereocenters. The number of hydrogen-bond acceptors (Lipinski definition) is 4. The minimum absolute atomic E-state index is 0.0312. The number of halogens is 1. The van der Waals surface area contributed by atoms with Crippen LogP contribution in [-0.4, -0.2) is 21.2 Å². The lowest BCUT2D eigenvalue weighted by atomic mass is 9.98. The van der Waals surface area contributed by atoms with Crippen LogP contribution in [0, 0.1) is 0 Å². The summed E-state index contributed by atoms with van der Waals surface area (Å²) in [6, 6.07) is 12.8. The van der Waals surface area contributed by atoms with Crippen LogP contribution >= 0.6 is 23.4 Å². The van der Waals surface area contributed by atoms with Gasteiger partial charge in [-0.15, -0.1) is 0 Å². The molecule has 1 amide bonds. The molecule has 0 aliphatic carbocycles. The molecule has 3 rings (SSSR count). The molecule has 1 atom stereocenters. The number of nitrogens with two attached hydrogens (primary N) is 1. The predicted molar refractivity (Wildman–Crippen MR) is 111 cm³/mol. The molecule has 27 heavy (non-hydrogen) atoms. The van der Waals surface area contributed by atoms with Gasteiger partial charge in [0.1, 0.15) is 0 Å². The van der Waals surface area contributed by atoms with Gasteiger partial charge in [0, 0.05) is 5.02 Å². The second-order valence-electron chi connectivity index (χ2n) is 6.35. The summed E-state index contributed by atoms with van der Waals surface area (Å²) in [5, 5.41) is 1.37. The Labute approximate surface area is 166 Å². The molecule has 1 aromatic heterocycles. The number of aromatic nitrogens is 2. The zero-order valence-electron chi connectivity index (χ0n) is 15.1. The fraction of sp³-hybridized carbons (Fsp3) is 0.250. The number of benzene rings is 2. The SMILES string of the molecule is CC[C@H](C)c1ccc(-n2c(SCC(N)=O)nc3cc(Cl)ccc3c2=O)cc1. The normalized spacial score (nSPS) is 12.3. The van der Waals surface area contributed by atoms with Gasteiger partial charge in [-0.2, -0.15) is 0 Å². The Morgan fingerprint density at radius 1 is 1.26 bits per heavy atom. The summed E-state index contributed by atoms with van der Waals surface area (Å²) in [5.74, 6) is -0.000768. The third kappa shape index (κ3) is 4.17. The topological polar surface area (TPSA) is 78.0 Å². The first-order valence-corrected chi connectivity index (χ1v) is 10.0. The minimum atomic E-state index is -0.473. The van der Waals surface area contributed by atoms with Crippen molar-refractivity contribution >= 4 is 40.2 Å². The molecule has 7 heteroatoms. The van der Waals surface area contributed by atoms with E-state index in [1.165, 1.54) is 10.1 Å².